The van der Waals surface area contributed by atoms with E-state index in [2.05, 4.69) is 60.1 Å². The molecule has 0 rings (SSSR count). The van der Waals surface area contributed by atoms with E-state index < -0.39 is 32.5 Å². The smallest absolute Gasteiger partial charge is 0.462 e. The molecule has 51 heavy (non-hydrogen) atoms. The Balaban J connectivity index is 4.14. The average Bonchev–Trinajstić information content (AvgIpc) is 3.10. The molecular formula is C41H67O9P. The highest BCUT2D eigenvalue weighted by Gasteiger charge is 2.22. The fourth-order valence-electron chi connectivity index (χ4n) is 4.58. The molecule has 10 heteroatoms. The van der Waals surface area contributed by atoms with Gasteiger partial charge in [0.05, 0.1) is 12.7 Å². The van der Waals surface area contributed by atoms with Crippen molar-refractivity contribution < 1.29 is 43.0 Å². The zero-order valence-corrected chi connectivity index (χ0v) is 32.2. The van der Waals surface area contributed by atoms with Crippen molar-refractivity contribution in [1.82, 2.24) is 0 Å². The van der Waals surface area contributed by atoms with Gasteiger partial charge in [-0.25, -0.2) is 4.57 Å². The van der Waals surface area contributed by atoms with E-state index in [0.717, 1.165) is 57.8 Å². The Morgan fingerprint density at radius 3 is 1.76 bits per heavy atom. The standard InChI is InChI=1S/C41H67O9P/c1-3-5-6-7-8-9-10-11-12-17-20-23-26-29-32-35-41(44)50-39(37-49-51(45,46)47)36-48-40(43)34-31-28-25-22-19-16-14-13-15-18-21-24-27-30-33-38(42)4-2/h9-12,14-16,18,22,24-25,27,30,33,38-39,42H,3-8,13,17,19-21,23,26,28-29,31-32,34-37H2,1-2H3,(H2,45,46,47)/b10-9-,12-11-,16-14-,18-15-,25-22-,27-24-,33-30+/t38-,39+/m0/s1. The highest BCUT2D eigenvalue weighted by Crippen LogP contribution is 2.35. The van der Waals surface area contributed by atoms with E-state index in [9.17, 15) is 19.3 Å². The second-order valence-corrected chi connectivity index (χ2v) is 13.6. The van der Waals surface area contributed by atoms with Crippen LogP contribution in [0.1, 0.15) is 136 Å². The second-order valence-electron chi connectivity index (χ2n) is 12.4. The molecule has 0 radical (unpaired) electrons. The number of unbranched alkanes of at least 4 members (excludes halogenated alkanes) is 10. The fraction of sp³-hybridized carbons (Fsp3) is 0.610. The van der Waals surface area contributed by atoms with Gasteiger partial charge in [-0.3, -0.25) is 14.1 Å². The summed E-state index contributed by atoms with van der Waals surface area (Å²) in [6.07, 6.45) is 44.0. The van der Waals surface area contributed by atoms with Crippen LogP contribution in [-0.4, -0.2) is 52.3 Å². The van der Waals surface area contributed by atoms with Gasteiger partial charge in [-0.2, -0.15) is 0 Å². The molecule has 0 aliphatic heterocycles. The number of allylic oxidation sites excluding steroid dienone is 13. The van der Waals surface area contributed by atoms with Crippen LogP contribution in [0.5, 0.6) is 0 Å². The molecule has 0 heterocycles. The Hall–Kier alpha value is -2.81. The summed E-state index contributed by atoms with van der Waals surface area (Å²) in [6.45, 7) is 3.25. The van der Waals surface area contributed by atoms with Crippen LogP contribution in [0.3, 0.4) is 0 Å². The van der Waals surface area contributed by atoms with E-state index in [0.29, 0.717) is 25.7 Å². The summed E-state index contributed by atoms with van der Waals surface area (Å²) in [5.74, 6) is -1.000. The first-order chi connectivity index (χ1) is 24.7. The van der Waals surface area contributed by atoms with Crippen molar-refractivity contribution in [2.75, 3.05) is 13.2 Å². The van der Waals surface area contributed by atoms with Crippen molar-refractivity contribution in [3.63, 3.8) is 0 Å². The molecule has 0 saturated heterocycles. The number of hydrogen-bond acceptors (Lipinski definition) is 7. The van der Waals surface area contributed by atoms with Gasteiger partial charge < -0.3 is 24.4 Å². The predicted molar refractivity (Wildman–Crippen MR) is 208 cm³/mol. The van der Waals surface area contributed by atoms with Crippen LogP contribution >= 0.6 is 7.82 Å². The first-order valence-corrected chi connectivity index (χ1v) is 20.5. The largest absolute Gasteiger partial charge is 0.469 e. The molecule has 0 aromatic heterocycles. The maximum atomic E-state index is 12.4. The van der Waals surface area contributed by atoms with Crippen LogP contribution in [0.2, 0.25) is 0 Å². The van der Waals surface area contributed by atoms with Crippen LogP contribution in [0, 0.1) is 0 Å². The summed E-state index contributed by atoms with van der Waals surface area (Å²) in [7, 11) is -4.78. The molecule has 0 saturated carbocycles. The quantitative estimate of drug-likeness (QED) is 0.0198. The number of aliphatic hydroxyl groups is 1. The topological polar surface area (TPSA) is 140 Å². The lowest BCUT2D eigenvalue weighted by atomic mass is 10.1. The summed E-state index contributed by atoms with van der Waals surface area (Å²) in [5, 5.41) is 9.44. The first-order valence-electron chi connectivity index (χ1n) is 19.0. The van der Waals surface area contributed by atoms with Gasteiger partial charge in [0.15, 0.2) is 6.10 Å². The van der Waals surface area contributed by atoms with E-state index in [1.54, 1.807) is 6.08 Å². The maximum Gasteiger partial charge on any atom is 0.469 e. The Morgan fingerprint density at radius 1 is 0.608 bits per heavy atom. The highest BCUT2D eigenvalue weighted by atomic mass is 31.2. The molecular weight excluding hydrogens is 667 g/mol. The van der Waals surface area contributed by atoms with E-state index in [1.165, 1.54) is 25.7 Å². The maximum absolute atomic E-state index is 12.4. The molecule has 0 bridgehead atoms. The molecule has 0 aliphatic carbocycles. The summed E-state index contributed by atoms with van der Waals surface area (Å²) in [4.78, 5) is 42.7. The van der Waals surface area contributed by atoms with Gasteiger partial charge in [0.1, 0.15) is 6.61 Å². The zero-order valence-electron chi connectivity index (χ0n) is 31.3. The number of phosphoric ester groups is 1. The summed E-state index contributed by atoms with van der Waals surface area (Å²) in [6, 6.07) is 0. The van der Waals surface area contributed by atoms with Gasteiger partial charge in [-0.05, 0) is 70.6 Å². The molecule has 0 amide bonds. The molecule has 0 aromatic rings. The first kappa shape index (κ1) is 48.2. The van der Waals surface area contributed by atoms with Gasteiger partial charge in [-0.1, -0.05) is 137 Å². The number of aliphatic hydroxyl groups excluding tert-OH is 1. The molecule has 0 aliphatic rings. The van der Waals surface area contributed by atoms with Crippen molar-refractivity contribution in [3.05, 3.63) is 85.1 Å². The fourth-order valence-corrected chi connectivity index (χ4v) is 4.94. The lowest BCUT2D eigenvalue weighted by molar-refractivity contribution is -0.161. The van der Waals surface area contributed by atoms with Crippen LogP contribution in [0.4, 0.5) is 0 Å². The SMILES string of the molecule is CCCCCC/C=C\C=C/CCCCCCCC(=O)O[C@H](COC(=O)CCC/C=C\C/C=C\C/C=C\C/C=C\C=C\[C@@H](O)CC)COP(=O)(O)O. The summed E-state index contributed by atoms with van der Waals surface area (Å²) < 4.78 is 26.2. The van der Waals surface area contributed by atoms with Gasteiger partial charge in [0, 0.05) is 12.8 Å². The Morgan fingerprint density at radius 2 is 1.14 bits per heavy atom. The Bertz CT molecular complexity index is 1110. The highest BCUT2D eigenvalue weighted by molar-refractivity contribution is 7.46. The average molecular weight is 735 g/mol. The van der Waals surface area contributed by atoms with Crippen molar-refractivity contribution >= 4 is 19.8 Å². The lowest BCUT2D eigenvalue weighted by Gasteiger charge is -2.18. The minimum absolute atomic E-state index is 0.167. The van der Waals surface area contributed by atoms with Crippen LogP contribution in [-0.2, 0) is 28.2 Å². The number of ether oxygens (including phenoxy) is 2. The zero-order chi connectivity index (χ0) is 37.7. The number of phosphoric acid groups is 1. The molecule has 290 valence electrons. The molecule has 0 unspecified atom stereocenters. The minimum atomic E-state index is -4.78. The van der Waals surface area contributed by atoms with Gasteiger partial charge in [0.25, 0.3) is 0 Å². The van der Waals surface area contributed by atoms with E-state index in [-0.39, 0.29) is 25.6 Å². The molecule has 0 fully saturated rings. The number of carbonyl (C=O) groups excluding carboxylic acids is 2. The van der Waals surface area contributed by atoms with Crippen molar-refractivity contribution in [2.45, 2.75) is 148 Å². The molecule has 9 nitrogen and oxygen atoms in total. The second kappa shape index (κ2) is 35.6. The number of hydrogen-bond donors (Lipinski definition) is 3. The molecule has 0 aromatic carbocycles. The predicted octanol–water partition coefficient (Wildman–Crippen LogP) is 10.3. The number of carbonyl (C=O) groups is 2. The van der Waals surface area contributed by atoms with E-state index in [1.807, 2.05) is 37.3 Å². The third kappa shape index (κ3) is 38.3. The minimum Gasteiger partial charge on any atom is -0.462 e. The van der Waals surface area contributed by atoms with E-state index >= 15 is 0 Å². The summed E-state index contributed by atoms with van der Waals surface area (Å²) in [5.41, 5.74) is 0. The third-order valence-corrected chi connectivity index (χ3v) is 8.07. The van der Waals surface area contributed by atoms with Gasteiger partial charge >= 0.3 is 19.8 Å². The lowest BCUT2D eigenvalue weighted by Crippen LogP contribution is -2.29. The van der Waals surface area contributed by atoms with Gasteiger partial charge in [0.2, 0.25) is 0 Å². The van der Waals surface area contributed by atoms with Crippen molar-refractivity contribution in [2.24, 2.45) is 0 Å². The molecule has 0 spiro atoms. The Kier molecular flexibility index (Phi) is 33.6. The van der Waals surface area contributed by atoms with Crippen LogP contribution in [0.25, 0.3) is 0 Å². The van der Waals surface area contributed by atoms with Crippen LogP contribution < -0.4 is 0 Å². The van der Waals surface area contributed by atoms with Gasteiger partial charge in [-0.15, -0.1) is 0 Å². The third-order valence-electron chi connectivity index (χ3n) is 7.58. The number of esters is 2. The van der Waals surface area contributed by atoms with Crippen LogP contribution in [0.15, 0.2) is 85.1 Å². The monoisotopic (exact) mass is 734 g/mol. The van der Waals surface area contributed by atoms with E-state index in [4.69, 9.17) is 19.3 Å². The molecule has 3 N–H and O–H groups in total. The normalized spacial score (nSPS) is 14.1. The van der Waals surface area contributed by atoms with Crippen molar-refractivity contribution in [3.8, 4) is 0 Å². The van der Waals surface area contributed by atoms with Crippen molar-refractivity contribution in [1.29, 1.82) is 0 Å². The number of rotatable bonds is 33. The summed E-state index contributed by atoms with van der Waals surface area (Å²) >= 11 is 0. The molecule has 2 atom stereocenters. The Labute approximate surface area is 308 Å².